The van der Waals surface area contributed by atoms with Crippen molar-refractivity contribution in [3.05, 3.63) is 70.1 Å². The Morgan fingerprint density at radius 1 is 1.08 bits per heavy atom. The van der Waals surface area contributed by atoms with Crippen LogP contribution in [0.1, 0.15) is 37.9 Å². The number of benzene rings is 2. The van der Waals surface area contributed by atoms with Crippen LogP contribution in [-0.2, 0) is 20.9 Å². The average Bonchev–Trinajstić information content (AvgIpc) is 3.05. The molecule has 2 atom stereocenters. The highest BCUT2D eigenvalue weighted by Crippen LogP contribution is 2.24. The molecule has 1 aliphatic heterocycles. The van der Waals surface area contributed by atoms with Gasteiger partial charge in [-0.1, -0.05) is 44.2 Å². The fourth-order valence-corrected chi connectivity index (χ4v) is 4.70. The van der Waals surface area contributed by atoms with Crippen molar-refractivity contribution in [2.24, 2.45) is 5.92 Å². The van der Waals surface area contributed by atoms with E-state index in [1.54, 1.807) is 42.0 Å². The molecule has 1 N–H and O–H groups in total. The fraction of sp³-hybridized carbons (Fsp3) is 0.429. The third-order valence-corrected chi connectivity index (χ3v) is 6.55. The van der Waals surface area contributed by atoms with E-state index < -0.39 is 5.92 Å². The molecule has 0 bridgehead atoms. The number of fused-ring (bicyclic) bond motifs is 1. The molecule has 0 aliphatic carbocycles. The molecule has 37 heavy (non-hydrogen) atoms. The van der Waals surface area contributed by atoms with Crippen molar-refractivity contribution in [2.45, 2.75) is 39.4 Å². The van der Waals surface area contributed by atoms with Gasteiger partial charge in [-0.3, -0.25) is 14.4 Å². The number of carbonyl (C=O) groups is 2. The van der Waals surface area contributed by atoms with E-state index in [1.807, 2.05) is 30.3 Å². The molecule has 0 radical (unpaired) electrons. The number of nitrogens with zero attached hydrogens (tertiary/aromatic N) is 3. The molecule has 9 heteroatoms. The van der Waals surface area contributed by atoms with Gasteiger partial charge in [0.1, 0.15) is 5.75 Å². The van der Waals surface area contributed by atoms with E-state index in [9.17, 15) is 14.4 Å². The monoisotopic (exact) mass is 506 g/mol. The zero-order valence-corrected chi connectivity index (χ0v) is 21.8. The van der Waals surface area contributed by atoms with Crippen LogP contribution in [0.15, 0.2) is 53.3 Å². The number of methoxy groups -OCH3 is 1. The predicted molar refractivity (Wildman–Crippen MR) is 140 cm³/mol. The van der Waals surface area contributed by atoms with Crippen molar-refractivity contribution in [3.63, 3.8) is 0 Å². The summed E-state index contributed by atoms with van der Waals surface area (Å²) in [5.41, 5.74) is 1.12. The number of hydrogen-bond acceptors (Lipinski definition) is 6. The lowest BCUT2D eigenvalue weighted by atomic mass is 10.00. The van der Waals surface area contributed by atoms with Crippen LogP contribution in [0.4, 0.5) is 0 Å². The molecule has 196 valence electrons. The quantitative estimate of drug-likeness (QED) is 0.504. The van der Waals surface area contributed by atoms with Gasteiger partial charge < -0.3 is 19.3 Å². The molecule has 2 aromatic carbocycles. The number of carbonyl (C=O) groups excluding carboxylic acids is 2. The number of nitrogens with one attached hydrogen (secondary N) is 1. The summed E-state index contributed by atoms with van der Waals surface area (Å²) >= 11 is 0. The summed E-state index contributed by atoms with van der Waals surface area (Å²) < 4.78 is 11.6. The Kier molecular flexibility index (Phi) is 8.23. The summed E-state index contributed by atoms with van der Waals surface area (Å²) in [5.74, 6) is 0.0105. The van der Waals surface area contributed by atoms with Crippen LogP contribution in [0.2, 0.25) is 0 Å². The minimum Gasteiger partial charge on any atom is -0.497 e. The Morgan fingerprint density at radius 3 is 2.57 bits per heavy atom. The van der Waals surface area contributed by atoms with E-state index in [1.165, 1.54) is 0 Å². The number of amides is 2. The van der Waals surface area contributed by atoms with E-state index >= 15 is 0 Å². The predicted octanol–water partition coefficient (Wildman–Crippen LogP) is 2.95. The molecule has 3 aromatic rings. The number of ether oxygens (including phenoxy) is 2. The molecule has 0 spiro atoms. The topological polar surface area (TPSA) is 105 Å². The fourth-order valence-electron chi connectivity index (χ4n) is 4.70. The molecule has 0 unspecified atom stereocenters. The Hall–Kier alpha value is -3.72. The van der Waals surface area contributed by atoms with Crippen molar-refractivity contribution >= 4 is 22.6 Å². The number of aromatic nitrogens is 2. The second-order valence-electron chi connectivity index (χ2n) is 9.90. The maximum atomic E-state index is 13.7. The van der Waals surface area contributed by atoms with Gasteiger partial charge in [-0.2, -0.15) is 5.10 Å². The Balaban J connectivity index is 1.57. The smallest absolute Gasteiger partial charge is 0.272 e. The van der Waals surface area contributed by atoms with Crippen LogP contribution in [0.3, 0.4) is 0 Å². The molecule has 1 saturated heterocycles. The van der Waals surface area contributed by atoms with Gasteiger partial charge in [-0.05, 0) is 36.6 Å². The van der Waals surface area contributed by atoms with Crippen LogP contribution >= 0.6 is 0 Å². The Morgan fingerprint density at radius 2 is 1.84 bits per heavy atom. The SMILES string of the molecule is COc1cccc(CO[C@H]2CN(CC(C)C)C(=O)CN(C(=O)[C@H](C)c3n[nH]c(=O)c4ccccc34)C2)c1. The summed E-state index contributed by atoms with van der Waals surface area (Å²) in [6.45, 7) is 7.42. The van der Waals surface area contributed by atoms with Crippen LogP contribution in [0.5, 0.6) is 5.75 Å². The van der Waals surface area contributed by atoms with E-state index in [4.69, 9.17) is 9.47 Å². The second kappa shape index (κ2) is 11.6. The van der Waals surface area contributed by atoms with Crippen molar-refractivity contribution in [1.82, 2.24) is 20.0 Å². The van der Waals surface area contributed by atoms with Crippen molar-refractivity contribution < 1.29 is 19.1 Å². The third kappa shape index (κ3) is 6.17. The molecule has 2 amide bonds. The van der Waals surface area contributed by atoms with Crippen LogP contribution in [0, 0.1) is 5.92 Å². The third-order valence-electron chi connectivity index (χ3n) is 6.55. The van der Waals surface area contributed by atoms with E-state index in [0.29, 0.717) is 36.2 Å². The summed E-state index contributed by atoms with van der Waals surface area (Å²) in [6, 6.07) is 14.7. The molecular formula is C28H34N4O5. The van der Waals surface area contributed by atoms with Gasteiger partial charge in [-0.15, -0.1) is 0 Å². The molecule has 9 nitrogen and oxygen atoms in total. The molecule has 1 fully saturated rings. The summed E-state index contributed by atoms with van der Waals surface area (Å²) in [5, 5.41) is 7.81. The lowest BCUT2D eigenvalue weighted by molar-refractivity contribution is -0.139. The van der Waals surface area contributed by atoms with Crippen LogP contribution in [-0.4, -0.2) is 71.2 Å². The van der Waals surface area contributed by atoms with Crippen molar-refractivity contribution in [1.29, 1.82) is 0 Å². The number of hydrogen-bond donors (Lipinski definition) is 1. The highest BCUT2D eigenvalue weighted by Gasteiger charge is 2.34. The molecule has 1 aliphatic rings. The largest absolute Gasteiger partial charge is 0.497 e. The van der Waals surface area contributed by atoms with E-state index in [2.05, 4.69) is 24.0 Å². The van der Waals surface area contributed by atoms with Crippen LogP contribution < -0.4 is 10.3 Å². The second-order valence-corrected chi connectivity index (χ2v) is 9.90. The highest BCUT2D eigenvalue weighted by atomic mass is 16.5. The van der Waals surface area contributed by atoms with Gasteiger partial charge in [0.05, 0.1) is 43.4 Å². The summed E-state index contributed by atoms with van der Waals surface area (Å²) in [7, 11) is 1.62. The lowest BCUT2D eigenvalue weighted by Crippen LogP contribution is -2.42. The Labute approximate surface area is 216 Å². The molecular weight excluding hydrogens is 472 g/mol. The molecule has 2 heterocycles. The van der Waals surface area contributed by atoms with Gasteiger partial charge in [-0.25, -0.2) is 5.10 Å². The first kappa shape index (κ1) is 26.3. The average molecular weight is 507 g/mol. The van der Waals surface area contributed by atoms with E-state index in [0.717, 1.165) is 11.3 Å². The first-order valence-corrected chi connectivity index (χ1v) is 12.5. The number of H-pyrrole nitrogens is 1. The van der Waals surface area contributed by atoms with Crippen molar-refractivity contribution in [2.75, 3.05) is 33.3 Å². The standard InChI is InChI=1S/C28H34N4O5/c1-18(2)13-31-14-22(37-17-20-8-7-9-21(12-20)36-4)15-32(16-25(31)33)28(35)19(3)26-23-10-5-6-11-24(23)27(34)30-29-26/h5-12,18-19,22H,13-17H2,1-4H3,(H,30,34)/t19-,22+/m1/s1. The van der Waals surface area contributed by atoms with Gasteiger partial charge in [0.25, 0.3) is 5.56 Å². The molecule has 1 aromatic heterocycles. The van der Waals surface area contributed by atoms with Gasteiger partial charge >= 0.3 is 0 Å². The number of aromatic amines is 1. The number of rotatable bonds is 8. The lowest BCUT2D eigenvalue weighted by Gasteiger charge is -2.26. The van der Waals surface area contributed by atoms with Gasteiger partial charge in [0.15, 0.2) is 0 Å². The van der Waals surface area contributed by atoms with Gasteiger partial charge in [0.2, 0.25) is 11.8 Å². The maximum absolute atomic E-state index is 13.7. The summed E-state index contributed by atoms with van der Waals surface area (Å²) in [4.78, 5) is 42.5. The normalized spacial score (nSPS) is 17.2. The zero-order chi connectivity index (χ0) is 26.5. The first-order valence-electron chi connectivity index (χ1n) is 12.5. The van der Waals surface area contributed by atoms with Crippen LogP contribution in [0.25, 0.3) is 10.8 Å². The van der Waals surface area contributed by atoms with E-state index in [-0.39, 0.29) is 42.5 Å². The highest BCUT2D eigenvalue weighted by molar-refractivity contribution is 5.93. The Bertz CT molecular complexity index is 1320. The molecule has 4 rings (SSSR count). The first-order chi connectivity index (χ1) is 17.8. The van der Waals surface area contributed by atoms with Gasteiger partial charge in [0, 0.05) is 25.0 Å². The minimum absolute atomic E-state index is 0.0315. The molecule has 0 saturated carbocycles. The maximum Gasteiger partial charge on any atom is 0.272 e. The minimum atomic E-state index is -0.662. The zero-order valence-electron chi connectivity index (χ0n) is 21.8. The van der Waals surface area contributed by atoms with Crippen molar-refractivity contribution in [3.8, 4) is 5.75 Å². The summed E-state index contributed by atoms with van der Waals surface area (Å²) in [6.07, 6.45) is -0.368.